The molecule has 4 rings (SSSR count). The second-order valence-electron chi connectivity index (χ2n) is 12.0. The van der Waals surface area contributed by atoms with E-state index in [2.05, 4.69) is 40.7 Å². The van der Waals surface area contributed by atoms with Crippen molar-refractivity contribution in [1.29, 1.82) is 0 Å². The normalized spacial score (nSPS) is 45.4. The van der Waals surface area contributed by atoms with E-state index in [1.807, 2.05) is 18.0 Å². The Bertz CT molecular complexity index is 704. The SMILES string of the molecule is CN1C(=O)C=C[C@@]2(C)C1CC[C@@H]1[C@H]2CC[C@]2(C)C(C(=O)CC(C)(C)C)CC[C@@H]12. The Balaban J connectivity index is 1.59. The fraction of sp³-hybridized carbons (Fsp3) is 0.840. The van der Waals surface area contributed by atoms with Gasteiger partial charge in [-0.15, -0.1) is 0 Å². The summed E-state index contributed by atoms with van der Waals surface area (Å²) in [5, 5.41) is 0. The van der Waals surface area contributed by atoms with Crippen LogP contribution in [0.25, 0.3) is 0 Å². The Morgan fingerprint density at radius 2 is 1.82 bits per heavy atom. The molecule has 3 nitrogen and oxygen atoms in total. The molecule has 1 amide bonds. The van der Waals surface area contributed by atoms with Crippen molar-refractivity contribution in [2.75, 3.05) is 7.05 Å². The summed E-state index contributed by atoms with van der Waals surface area (Å²) in [5.41, 5.74) is 0.367. The monoisotopic (exact) mass is 385 g/mol. The van der Waals surface area contributed by atoms with Crippen LogP contribution < -0.4 is 0 Å². The van der Waals surface area contributed by atoms with Gasteiger partial charge < -0.3 is 4.90 Å². The third kappa shape index (κ3) is 2.91. The molecule has 7 atom stereocenters. The lowest BCUT2D eigenvalue weighted by Crippen LogP contribution is -2.59. The van der Waals surface area contributed by atoms with Gasteiger partial charge in [0.05, 0.1) is 0 Å². The molecule has 3 aliphatic carbocycles. The summed E-state index contributed by atoms with van der Waals surface area (Å²) in [5.74, 6) is 2.96. The number of carbonyl (C=O) groups is 2. The van der Waals surface area contributed by atoms with Gasteiger partial charge in [0, 0.05) is 30.8 Å². The molecule has 0 radical (unpaired) electrons. The van der Waals surface area contributed by atoms with E-state index in [1.165, 1.54) is 25.7 Å². The number of amides is 1. The smallest absolute Gasteiger partial charge is 0.246 e. The van der Waals surface area contributed by atoms with Gasteiger partial charge in [0.2, 0.25) is 5.91 Å². The largest absolute Gasteiger partial charge is 0.338 e. The Hall–Kier alpha value is -1.12. The minimum absolute atomic E-state index is 0.0816. The summed E-state index contributed by atoms with van der Waals surface area (Å²) < 4.78 is 0. The number of ketones is 1. The molecule has 3 heteroatoms. The van der Waals surface area contributed by atoms with Crippen molar-refractivity contribution in [3.05, 3.63) is 12.2 Å². The lowest BCUT2D eigenvalue weighted by Gasteiger charge is -2.60. The third-order valence-corrected chi connectivity index (χ3v) is 9.22. The van der Waals surface area contributed by atoms with Crippen molar-refractivity contribution in [3.63, 3.8) is 0 Å². The quantitative estimate of drug-likeness (QED) is 0.651. The number of likely N-dealkylation sites (N-methyl/N-ethyl adjacent to an activating group) is 1. The average Bonchev–Trinajstić information content (AvgIpc) is 2.94. The van der Waals surface area contributed by atoms with Crippen LogP contribution in [0.3, 0.4) is 0 Å². The first-order chi connectivity index (χ1) is 13.0. The Labute approximate surface area is 171 Å². The Morgan fingerprint density at radius 3 is 2.50 bits per heavy atom. The summed E-state index contributed by atoms with van der Waals surface area (Å²) in [7, 11) is 1.98. The third-order valence-electron chi connectivity index (χ3n) is 9.22. The molecule has 4 aliphatic rings. The van der Waals surface area contributed by atoms with Gasteiger partial charge in [-0.05, 0) is 73.2 Å². The molecule has 0 saturated heterocycles. The molecular formula is C25H39NO2. The summed E-state index contributed by atoms with van der Waals surface area (Å²) in [6, 6.07) is 0.343. The predicted molar refractivity (Wildman–Crippen MR) is 113 cm³/mol. The molecule has 0 bridgehead atoms. The number of rotatable bonds is 2. The number of carbonyl (C=O) groups excluding carboxylic acids is 2. The molecule has 0 spiro atoms. The zero-order valence-corrected chi connectivity index (χ0v) is 18.8. The predicted octanol–water partition coefficient (Wildman–Crippen LogP) is 5.25. The van der Waals surface area contributed by atoms with Gasteiger partial charge in [0.25, 0.3) is 0 Å². The molecular weight excluding hydrogens is 346 g/mol. The molecule has 156 valence electrons. The van der Waals surface area contributed by atoms with Crippen LogP contribution >= 0.6 is 0 Å². The van der Waals surface area contributed by atoms with E-state index in [1.54, 1.807) is 0 Å². The van der Waals surface area contributed by atoms with Crippen LogP contribution in [0.5, 0.6) is 0 Å². The van der Waals surface area contributed by atoms with Crippen molar-refractivity contribution < 1.29 is 9.59 Å². The molecule has 3 fully saturated rings. The summed E-state index contributed by atoms with van der Waals surface area (Å²) >= 11 is 0. The van der Waals surface area contributed by atoms with Crippen LogP contribution in [0.2, 0.25) is 0 Å². The summed E-state index contributed by atoms with van der Waals surface area (Å²) in [6.07, 6.45) is 11.8. The topological polar surface area (TPSA) is 37.4 Å². The number of hydrogen-bond acceptors (Lipinski definition) is 2. The van der Waals surface area contributed by atoms with Crippen LogP contribution in [0.4, 0.5) is 0 Å². The van der Waals surface area contributed by atoms with Crippen molar-refractivity contribution in [1.82, 2.24) is 4.90 Å². The second-order valence-corrected chi connectivity index (χ2v) is 12.0. The molecule has 0 N–H and O–H groups in total. The van der Waals surface area contributed by atoms with E-state index < -0.39 is 0 Å². The zero-order valence-electron chi connectivity index (χ0n) is 18.8. The van der Waals surface area contributed by atoms with E-state index in [9.17, 15) is 9.59 Å². The van der Waals surface area contributed by atoms with Crippen LogP contribution in [0.1, 0.15) is 79.6 Å². The molecule has 1 heterocycles. The van der Waals surface area contributed by atoms with E-state index in [4.69, 9.17) is 0 Å². The maximum absolute atomic E-state index is 13.2. The van der Waals surface area contributed by atoms with E-state index in [0.29, 0.717) is 36.0 Å². The first-order valence-corrected chi connectivity index (χ1v) is 11.5. The minimum atomic E-state index is 0.0816. The highest BCUT2D eigenvalue weighted by atomic mass is 16.2. The number of nitrogens with zero attached hydrogens (tertiary/aromatic N) is 1. The second kappa shape index (κ2) is 6.44. The van der Waals surface area contributed by atoms with Gasteiger partial charge in [-0.3, -0.25) is 9.59 Å². The number of fused-ring (bicyclic) bond motifs is 5. The van der Waals surface area contributed by atoms with Gasteiger partial charge in [-0.1, -0.05) is 40.7 Å². The van der Waals surface area contributed by atoms with Gasteiger partial charge in [0.15, 0.2) is 0 Å². The molecule has 28 heavy (non-hydrogen) atoms. The van der Waals surface area contributed by atoms with Crippen molar-refractivity contribution in [2.45, 2.75) is 85.6 Å². The lowest BCUT2D eigenvalue weighted by atomic mass is 9.47. The lowest BCUT2D eigenvalue weighted by molar-refractivity contribution is -0.142. The maximum atomic E-state index is 13.2. The molecule has 1 aliphatic heterocycles. The zero-order chi connectivity index (χ0) is 20.5. The van der Waals surface area contributed by atoms with Gasteiger partial charge in [-0.25, -0.2) is 0 Å². The Kier molecular flexibility index (Phi) is 4.64. The van der Waals surface area contributed by atoms with Crippen LogP contribution in [0, 0.1) is 39.9 Å². The average molecular weight is 386 g/mol. The first-order valence-electron chi connectivity index (χ1n) is 11.5. The standard InChI is InChI=1S/C25H39NO2/c1-23(2,3)15-20(27)19-9-8-17-16-7-10-21-25(5,14-12-22(28)26(21)6)18(16)11-13-24(17,19)4/h12,14,16-19,21H,7-11,13,15H2,1-6H3/t16-,17-,18+,19?,21?,24-,25+/m0/s1. The fourth-order valence-electron chi connectivity index (χ4n) is 7.91. The summed E-state index contributed by atoms with van der Waals surface area (Å²) in [6.45, 7) is 11.4. The maximum Gasteiger partial charge on any atom is 0.246 e. The molecule has 0 aromatic heterocycles. The molecule has 3 saturated carbocycles. The van der Waals surface area contributed by atoms with E-state index >= 15 is 0 Å². The highest BCUT2D eigenvalue weighted by Crippen LogP contribution is 2.65. The molecule has 2 unspecified atom stereocenters. The van der Waals surface area contributed by atoms with Crippen molar-refractivity contribution in [3.8, 4) is 0 Å². The van der Waals surface area contributed by atoms with E-state index in [-0.39, 0.29) is 28.1 Å². The first kappa shape index (κ1) is 20.2. The van der Waals surface area contributed by atoms with E-state index in [0.717, 1.165) is 12.8 Å². The highest BCUT2D eigenvalue weighted by molar-refractivity contribution is 5.89. The van der Waals surface area contributed by atoms with Crippen LogP contribution in [-0.2, 0) is 9.59 Å². The summed E-state index contributed by atoms with van der Waals surface area (Å²) in [4.78, 5) is 27.4. The van der Waals surface area contributed by atoms with Gasteiger partial charge >= 0.3 is 0 Å². The minimum Gasteiger partial charge on any atom is -0.338 e. The number of hydrogen-bond donors (Lipinski definition) is 0. The molecule has 0 aromatic rings. The van der Waals surface area contributed by atoms with Crippen molar-refractivity contribution in [2.24, 2.45) is 39.9 Å². The van der Waals surface area contributed by atoms with Crippen molar-refractivity contribution >= 4 is 11.7 Å². The molecule has 0 aromatic carbocycles. The van der Waals surface area contributed by atoms with Crippen LogP contribution in [0.15, 0.2) is 12.2 Å². The van der Waals surface area contributed by atoms with Gasteiger partial charge in [0.1, 0.15) is 5.78 Å². The van der Waals surface area contributed by atoms with Crippen LogP contribution in [-0.4, -0.2) is 29.7 Å². The highest BCUT2D eigenvalue weighted by Gasteiger charge is 2.61. The Morgan fingerprint density at radius 1 is 1.11 bits per heavy atom. The number of Topliss-reactive ketones (excluding diaryl/α,β-unsaturated/α-hetero) is 1. The van der Waals surface area contributed by atoms with Gasteiger partial charge in [-0.2, -0.15) is 0 Å². The fourth-order valence-corrected chi connectivity index (χ4v) is 7.91.